The molecule has 2 aliphatic rings. The molecule has 182 valence electrons. The van der Waals surface area contributed by atoms with Crippen molar-refractivity contribution < 1.29 is 5.11 Å². The Morgan fingerprint density at radius 3 is 2.03 bits per heavy atom. The van der Waals surface area contributed by atoms with Gasteiger partial charge in [-0.2, -0.15) is 12.6 Å². The summed E-state index contributed by atoms with van der Waals surface area (Å²) in [5, 5.41) is 10.3. The average Bonchev–Trinajstić information content (AvgIpc) is 3.56. The molecule has 1 saturated carbocycles. The Morgan fingerprint density at radius 2 is 1.46 bits per heavy atom. The van der Waals surface area contributed by atoms with Gasteiger partial charge in [-0.25, -0.2) is 0 Å². The van der Waals surface area contributed by atoms with Crippen molar-refractivity contribution in [2.45, 2.75) is 36.2 Å². The van der Waals surface area contributed by atoms with E-state index in [2.05, 4.69) is 115 Å². The molecule has 0 atom stereocenters. The molecule has 0 saturated heterocycles. The first-order chi connectivity index (χ1) is 17.1. The summed E-state index contributed by atoms with van der Waals surface area (Å²) in [4.78, 5) is 4.97. The highest BCUT2D eigenvalue weighted by Crippen LogP contribution is 2.49. The largest absolute Gasteiger partial charge is 0.390 e. The highest BCUT2D eigenvalue weighted by Gasteiger charge is 2.38. The van der Waals surface area contributed by atoms with Crippen molar-refractivity contribution in [3.8, 4) is 0 Å². The van der Waals surface area contributed by atoms with Gasteiger partial charge in [-0.15, -0.1) is 11.8 Å². The van der Waals surface area contributed by atoms with Crippen LogP contribution >= 0.6 is 36.2 Å². The first kappa shape index (κ1) is 26.0. The normalized spacial score (nSPS) is 16.2. The predicted octanol–water partition coefficient (Wildman–Crippen LogP) is 8.05. The summed E-state index contributed by atoms with van der Waals surface area (Å²) < 4.78 is 0. The van der Waals surface area contributed by atoms with Crippen LogP contribution in [0.4, 0.5) is 0 Å². The summed E-state index contributed by atoms with van der Waals surface area (Å²) >= 11 is 7.72. The number of rotatable bonds is 9. The minimum absolute atomic E-state index is 0.247. The molecule has 5 heteroatoms. The molecule has 3 aromatic carbocycles. The number of hydrogen-bond acceptors (Lipinski definition) is 5. The van der Waals surface area contributed by atoms with E-state index < -0.39 is 0 Å². The monoisotopic (exact) mass is 519 g/mol. The third-order valence-corrected chi connectivity index (χ3v) is 8.44. The lowest BCUT2D eigenvalue weighted by molar-refractivity contribution is 0.139. The predicted molar refractivity (Wildman–Crippen MR) is 158 cm³/mol. The molecular formula is C30H33NOS3. The average molecular weight is 520 g/mol. The number of benzene rings is 3. The number of nitrogens with zero attached hydrogens (tertiary/aromatic N) is 1. The van der Waals surface area contributed by atoms with E-state index in [0.717, 1.165) is 48.8 Å². The van der Waals surface area contributed by atoms with Crippen LogP contribution in [0.5, 0.6) is 0 Å². The van der Waals surface area contributed by atoms with Gasteiger partial charge in [0.25, 0.3) is 0 Å². The molecule has 5 rings (SSSR count). The molecule has 0 aromatic heterocycles. The molecule has 1 N–H and O–H groups in total. The fourth-order valence-corrected chi connectivity index (χ4v) is 6.07. The van der Waals surface area contributed by atoms with Crippen molar-refractivity contribution in [3.05, 3.63) is 114 Å². The van der Waals surface area contributed by atoms with E-state index in [-0.39, 0.29) is 5.60 Å². The maximum Gasteiger partial charge on any atom is 0.0728 e. The molecular weight excluding hydrogens is 487 g/mol. The standard InChI is InChI=1S/C24H21NS2.C6H12OS/c1-19-25(17-18-26-22-15-9-4-10-16-22)23(20-11-5-2-6-12-20)24(27-19)21-13-7-3-8-14-21;7-6(3-4-6)2-1-5-8/h2-16H,1,17-18H2;7-8H,1-5H2. The molecule has 1 aliphatic heterocycles. The lowest BCUT2D eigenvalue weighted by Gasteiger charge is -2.23. The second-order valence-electron chi connectivity index (χ2n) is 8.77. The van der Waals surface area contributed by atoms with Crippen LogP contribution in [0, 0.1) is 0 Å². The zero-order valence-corrected chi connectivity index (χ0v) is 22.5. The quantitative estimate of drug-likeness (QED) is 0.221. The number of aliphatic hydroxyl groups is 1. The van der Waals surface area contributed by atoms with Gasteiger partial charge in [0.15, 0.2) is 0 Å². The molecule has 0 radical (unpaired) electrons. The van der Waals surface area contributed by atoms with Gasteiger partial charge < -0.3 is 10.0 Å². The van der Waals surface area contributed by atoms with E-state index in [1.807, 2.05) is 11.8 Å². The summed E-state index contributed by atoms with van der Waals surface area (Å²) in [6, 6.07) is 31.9. The Bertz CT molecular complexity index is 1110. The Balaban J connectivity index is 0.000000308. The van der Waals surface area contributed by atoms with E-state index in [0.29, 0.717) is 0 Å². The van der Waals surface area contributed by atoms with Crippen molar-refractivity contribution >= 4 is 46.8 Å². The Kier molecular flexibility index (Phi) is 9.50. The number of thioether (sulfide) groups is 2. The van der Waals surface area contributed by atoms with Crippen molar-refractivity contribution in [3.63, 3.8) is 0 Å². The van der Waals surface area contributed by atoms with Gasteiger partial charge in [0.05, 0.1) is 16.3 Å². The van der Waals surface area contributed by atoms with E-state index in [1.54, 1.807) is 11.8 Å². The van der Waals surface area contributed by atoms with Gasteiger partial charge in [0.2, 0.25) is 0 Å². The van der Waals surface area contributed by atoms with Gasteiger partial charge in [0, 0.05) is 22.1 Å². The highest BCUT2D eigenvalue weighted by atomic mass is 32.2. The zero-order chi connectivity index (χ0) is 24.5. The minimum atomic E-state index is -0.247. The lowest BCUT2D eigenvalue weighted by atomic mass is 10.1. The van der Waals surface area contributed by atoms with E-state index >= 15 is 0 Å². The molecule has 0 bridgehead atoms. The molecule has 1 aliphatic carbocycles. The van der Waals surface area contributed by atoms with Crippen molar-refractivity contribution in [2.75, 3.05) is 18.1 Å². The van der Waals surface area contributed by atoms with Crippen LogP contribution in [0.2, 0.25) is 0 Å². The van der Waals surface area contributed by atoms with Crippen LogP contribution in [-0.2, 0) is 0 Å². The fourth-order valence-electron chi connectivity index (χ4n) is 3.95. The van der Waals surface area contributed by atoms with Crippen LogP contribution < -0.4 is 0 Å². The van der Waals surface area contributed by atoms with Gasteiger partial charge >= 0.3 is 0 Å². The van der Waals surface area contributed by atoms with Crippen molar-refractivity contribution in [1.29, 1.82) is 0 Å². The second kappa shape index (κ2) is 12.8. The minimum Gasteiger partial charge on any atom is -0.390 e. The molecule has 0 unspecified atom stereocenters. The zero-order valence-electron chi connectivity index (χ0n) is 20.0. The van der Waals surface area contributed by atoms with E-state index in [9.17, 15) is 5.11 Å². The molecule has 3 aromatic rings. The van der Waals surface area contributed by atoms with Gasteiger partial charge in [0.1, 0.15) is 0 Å². The lowest BCUT2D eigenvalue weighted by Crippen LogP contribution is -2.19. The van der Waals surface area contributed by atoms with Gasteiger partial charge in [-0.3, -0.25) is 0 Å². The van der Waals surface area contributed by atoms with Crippen molar-refractivity contribution in [1.82, 2.24) is 4.90 Å². The Hall–Kier alpha value is -2.05. The van der Waals surface area contributed by atoms with Crippen LogP contribution in [0.3, 0.4) is 0 Å². The summed E-state index contributed by atoms with van der Waals surface area (Å²) in [7, 11) is 0. The van der Waals surface area contributed by atoms with E-state index in [4.69, 9.17) is 0 Å². The smallest absolute Gasteiger partial charge is 0.0728 e. The molecule has 0 spiro atoms. The SMILES string of the molecule is C=C1SC(c2ccccc2)=C(c2ccccc2)N1CCSc1ccccc1.OC1(CCCS)CC1. The van der Waals surface area contributed by atoms with Crippen LogP contribution in [-0.4, -0.2) is 33.7 Å². The molecule has 0 amide bonds. The van der Waals surface area contributed by atoms with Crippen LogP contribution in [0.15, 0.2) is 107 Å². The van der Waals surface area contributed by atoms with Crippen molar-refractivity contribution in [2.24, 2.45) is 0 Å². The first-order valence-corrected chi connectivity index (χ1v) is 14.5. The number of thiol groups is 1. The van der Waals surface area contributed by atoms with Gasteiger partial charge in [-0.1, -0.05) is 97.2 Å². The third kappa shape index (κ3) is 7.47. The molecule has 1 fully saturated rings. The fraction of sp³-hybridized carbons (Fsp3) is 0.267. The Labute approximate surface area is 223 Å². The summed E-state index contributed by atoms with van der Waals surface area (Å²) in [5.74, 6) is 1.92. The highest BCUT2D eigenvalue weighted by molar-refractivity contribution is 8.12. The number of hydrogen-bond donors (Lipinski definition) is 2. The van der Waals surface area contributed by atoms with E-state index in [1.165, 1.54) is 26.6 Å². The summed E-state index contributed by atoms with van der Waals surface area (Å²) in [6.45, 7) is 5.29. The third-order valence-electron chi connectivity index (χ3n) is 6.04. The summed E-state index contributed by atoms with van der Waals surface area (Å²) in [6.07, 6.45) is 4.04. The second-order valence-corrected chi connectivity index (χ2v) is 11.5. The summed E-state index contributed by atoms with van der Waals surface area (Å²) in [5.41, 5.74) is 3.52. The topological polar surface area (TPSA) is 23.5 Å². The van der Waals surface area contributed by atoms with Crippen LogP contribution in [0.1, 0.15) is 36.8 Å². The maximum absolute atomic E-state index is 9.23. The Morgan fingerprint density at radius 1 is 0.886 bits per heavy atom. The molecule has 35 heavy (non-hydrogen) atoms. The molecule has 1 heterocycles. The van der Waals surface area contributed by atoms with Gasteiger partial charge in [-0.05, 0) is 54.7 Å². The molecule has 2 nitrogen and oxygen atoms in total. The van der Waals surface area contributed by atoms with Crippen LogP contribution in [0.25, 0.3) is 10.6 Å². The first-order valence-electron chi connectivity index (χ1n) is 12.1. The maximum atomic E-state index is 9.23.